The van der Waals surface area contributed by atoms with Gasteiger partial charge in [-0.3, -0.25) is 14.2 Å². The monoisotopic (exact) mass is 399 g/mol. The quantitative estimate of drug-likeness (QED) is 0.593. The summed E-state index contributed by atoms with van der Waals surface area (Å²) in [6.07, 6.45) is 0. The number of rotatable bonds is 7. The number of carbonyl (C=O) groups is 2. The number of carbonyl (C=O) groups excluding carboxylic acids is 2. The maximum Gasteiger partial charge on any atom is 0.239 e. The SMILES string of the molecule is CC(NC(=O)CSc1nnc(-c2ccccc2F)n1-c1ccccc1)C(N)=O. The lowest BCUT2D eigenvalue weighted by Gasteiger charge is -2.12. The molecular formula is C19H18FN5O2S. The number of benzene rings is 2. The second kappa shape index (κ2) is 8.66. The van der Waals surface area contributed by atoms with Crippen LogP contribution in [0.4, 0.5) is 4.39 Å². The van der Waals surface area contributed by atoms with E-state index in [0.29, 0.717) is 16.5 Å². The summed E-state index contributed by atoms with van der Waals surface area (Å²) in [6.45, 7) is 1.51. The van der Waals surface area contributed by atoms with Gasteiger partial charge in [0, 0.05) is 5.69 Å². The van der Waals surface area contributed by atoms with E-state index in [1.807, 2.05) is 30.3 Å². The van der Waals surface area contributed by atoms with Gasteiger partial charge >= 0.3 is 0 Å². The number of hydrogen-bond acceptors (Lipinski definition) is 5. The van der Waals surface area contributed by atoms with E-state index in [-0.39, 0.29) is 11.7 Å². The number of nitrogens with zero attached hydrogens (tertiary/aromatic N) is 3. The Kier molecular flexibility index (Phi) is 6.05. The summed E-state index contributed by atoms with van der Waals surface area (Å²) < 4.78 is 16.0. The molecule has 2 aromatic carbocycles. The van der Waals surface area contributed by atoms with E-state index in [1.54, 1.807) is 22.8 Å². The molecule has 3 N–H and O–H groups in total. The van der Waals surface area contributed by atoms with Gasteiger partial charge in [0.1, 0.15) is 11.9 Å². The lowest BCUT2D eigenvalue weighted by Crippen LogP contribution is -2.42. The lowest BCUT2D eigenvalue weighted by molar-refractivity contribution is -0.125. The Bertz CT molecular complexity index is 993. The Labute approximate surface area is 165 Å². The summed E-state index contributed by atoms with van der Waals surface area (Å²) >= 11 is 1.13. The van der Waals surface area contributed by atoms with Crippen LogP contribution >= 0.6 is 11.8 Å². The molecule has 144 valence electrons. The molecule has 1 aromatic heterocycles. The Morgan fingerprint density at radius 2 is 1.82 bits per heavy atom. The first-order chi connectivity index (χ1) is 13.5. The van der Waals surface area contributed by atoms with Crippen molar-refractivity contribution in [2.75, 3.05) is 5.75 Å². The topological polar surface area (TPSA) is 103 Å². The molecule has 0 radical (unpaired) electrons. The first kappa shape index (κ1) is 19.6. The van der Waals surface area contributed by atoms with Crippen molar-refractivity contribution in [1.29, 1.82) is 0 Å². The minimum Gasteiger partial charge on any atom is -0.368 e. The fourth-order valence-electron chi connectivity index (χ4n) is 2.47. The van der Waals surface area contributed by atoms with E-state index >= 15 is 0 Å². The summed E-state index contributed by atoms with van der Waals surface area (Å²) in [4.78, 5) is 23.1. The molecule has 2 amide bonds. The molecule has 3 rings (SSSR count). The second-order valence-corrected chi connectivity index (χ2v) is 6.88. The summed E-state index contributed by atoms with van der Waals surface area (Å²) in [6, 6.07) is 14.7. The Hall–Kier alpha value is -3.20. The number of nitrogens with two attached hydrogens (primary N) is 1. The molecule has 28 heavy (non-hydrogen) atoms. The third-order valence-electron chi connectivity index (χ3n) is 3.90. The highest BCUT2D eigenvalue weighted by Crippen LogP contribution is 2.29. The summed E-state index contributed by atoms with van der Waals surface area (Å²) in [5.74, 6) is -1.08. The largest absolute Gasteiger partial charge is 0.368 e. The van der Waals surface area contributed by atoms with Crippen molar-refractivity contribution < 1.29 is 14.0 Å². The van der Waals surface area contributed by atoms with Crippen LogP contribution in [0.15, 0.2) is 59.8 Å². The minimum atomic E-state index is -0.769. The zero-order chi connectivity index (χ0) is 20.1. The molecule has 0 spiro atoms. The van der Waals surface area contributed by atoms with Gasteiger partial charge < -0.3 is 11.1 Å². The molecule has 0 aliphatic rings. The van der Waals surface area contributed by atoms with Crippen molar-refractivity contribution in [2.45, 2.75) is 18.1 Å². The van der Waals surface area contributed by atoms with E-state index < -0.39 is 17.8 Å². The van der Waals surface area contributed by atoms with Crippen molar-refractivity contribution in [3.05, 3.63) is 60.4 Å². The number of amides is 2. The smallest absolute Gasteiger partial charge is 0.239 e. The number of para-hydroxylation sites is 1. The number of hydrogen-bond donors (Lipinski definition) is 2. The number of nitrogens with one attached hydrogen (secondary N) is 1. The van der Waals surface area contributed by atoms with Gasteiger partial charge in [0.15, 0.2) is 11.0 Å². The van der Waals surface area contributed by atoms with Gasteiger partial charge in [-0.05, 0) is 31.2 Å². The minimum absolute atomic E-state index is 0.000140. The summed E-state index contributed by atoms with van der Waals surface area (Å²) in [5, 5.41) is 11.2. The van der Waals surface area contributed by atoms with Crippen LogP contribution in [-0.4, -0.2) is 38.4 Å². The molecule has 0 aliphatic carbocycles. The standard InChI is InChI=1S/C19H18FN5O2S/c1-12(17(21)27)22-16(26)11-28-19-24-23-18(14-9-5-6-10-15(14)20)25(19)13-7-3-2-4-8-13/h2-10,12H,11H2,1H3,(H2,21,27)(H,22,26). The van der Waals surface area contributed by atoms with Crippen LogP contribution in [0, 0.1) is 5.82 Å². The van der Waals surface area contributed by atoms with Crippen LogP contribution in [0.2, 0.25) is 0 Å². The van der Waals surface area contributed by atoms with Crippen molar-refractivity contribution in [3.63, 3.8) is 0 Å². The molecule has 0 saturated carbocycles. The molecule has 3 aromatic rings. The Morgan fingerprint density at radius 1 is 1.14 bits per heavy atom. The van der Waals surface area contributed by atoms with Crippen LogP contribution < -0.4 is 11.1 Å². The molecule has 0 aliphatic heterocycles. The van der Waals surface area contributed by atoms with Crippen LogP contribution in [0.3, 0.4) is 0 Å². The normalized spacial score (nSPS) is 11.8. The summed E-state index contributed by atoms with van der Waals surface area (Å²) in [7, 11) is 0. The number of halogens is 1. The molecule has 9 heteroatoms. The van der Waals surface area contributed by atoms with Crippen molar-refractivity contribution in [1.82, 2.24) is 20.1 Å². The average Bonchev–Trinajstić information content (AvgIpc) is 3.11. The molecule has 1 atom stereocenters. The van der Waals surface area contributed by atoms with Gasteiger partial charge in [-0.1, -0.05) is 42.1 Å². The lowest BCUT2D eigenvalue weighted by atomic mass is 10.2. The average molecular weight is 399 g/mol. The van der Waals surface area contributed by atoms with Gasteiger partial charge in [0.2, 0.25) is 11.8 Å². The zero-order valence-electron chi connectivity index (χ0n) is 15.0. The first-order valence-electron chi connectivity index (χ1n) is 8.44. The molecule has 0 saturated heterocycles. The van der Waals surface area contributed by atoms with Crippen LogP contribution in [0.5, 0.6) is 0 Å². The molecule has 1 heterocycles. The highest BCUT2D eigenvalue weighted by atomic mass is 32.2. The van der Waals surface area contributed by atoms with Gasteiger partial charge in [0.25, 0.3) is 0 Å². The Morgan fingerprint density at radius 3 is 2.50 bits per heavy atom. The highest BCUT2D eigenvalue weighted by Gasteiger charge is 2.20. The first-order valence-corrected chi connectivity index (χ1v) is 9.43. The third kappa shape index (κ3) is 4.37. The van der Waals surface area contributed by atoms with Crippen molar-refractivity contribution >= 4 is 23.6 Å². The molecule has 1 unspecified atom stereocenters. The maximum atomic E-state index is 14.3. The summed E-state index contributed by atoms with van der Waals surface area (Å²) in [5.41, 5.74) is 6.19. The molecule has 7 nitrogen and oxygen atoms in total. The van der Waals surface area contributed by atoms with E-state index in [2.05, 4.69) is 15.5 Å². The number of thioether (sulfide) groups is 1. The molecule has 0 bridgehead atoms. The van der Waals surface area contributed by atoms with E-state index in [9.17, 15) is 14.0 Å². The van der Waals surface area contributed by atoms with Crippen molar-refractivity contribution in [2.24, 2.45) is 5.73 Å². The van der Waals surface area contributed by atoms with E-state index in [4.69, 9.17) is 5.73 Å². The third-order valence-corrected chi connectivity index (χ3v) is 4.83. The predicted molar refractivity (Wildman–Crippen MR) is 104 cm³/mol. The van der Waals surface area contributed by atoms with Gasteiger partial charge in [0.05, 0.1) is 11.3 Å². The van der Waals surface area contributed by atoms with Crippen molar-refractivity contribution in [3.8, 4) is 17.1 Å². The zero-order valence-corrected chi connectivity index (χ0v) is 15.8. The Balaban J connectivity index is 1.91. The van der Waals surface area contributed by atoms with Gasteiger partial charge in [-0.2, -0.15) is 0 Å². The van der Waals surface area contributed by atoms with Gasteiger partial charge in [-0.25, -0.2) is 4.39 Å². The maximum absolute atomic E-state index is 14.3. The van der Waals surface area contributed by atoms with E-state index in [1.165, 1.54) is 13.0 Å². The van der Waals surface area contributed by atoms with Gasteiger partial charge in [-0.15, -0.1) is 10.2 Å². The van der Waals surface area contributed by atoms with Crippen LogP contribution in [0.25, 0.3) is 17.1 Å². The number of aromatic nitrogens is 3. The van der Waals surface area contributed by atoms with E-state index in [0.717, 1.165) is 17.4 Å². The highest BCUT2D eigenvalue weighted by molar-refractivity contribution is 7.99. The van der Waals surface area contributed by atoms with Crippen LogP contribution in [0.1, 0.15) is 6.92 Å². The predicted octanol–water partition coefficient (Wildman–Crippen LogP) is 2.16. The fraction of sp³-hybridized carbons (Fsp3) is 0.158. The van der Waals surface area contributed by atoms with Crippen LogP contribution in [-0.2, 0) is 9.59 Å². The number of primary amides is 1. The molecular weight excluding hydrogens is 381 g/mol. The molecule has 0 fully saturated rings. The second-order valence-electron chi connectivity index (χ2n) is 5.94. The fourth-order valence-corrected chi connectivity index (χ4v) is 3.24.